The van der Waals surface area contributed by atoms with Crippen molar-refractivity contribution in [3.8, 4) is 0 Å². The largest absolute Gasteiger partial charge is 0.392 e. The molecule has 0 aromatic heterocycles. The van der Waals surface area contributed by atoms with Crippen LogP contribution in [0.5, 0.6) is 0 Å². The lowest BCUT2D eigenvalue weighted by atomic mass is 10.1. The molecule has 0 rings (SSSR count). The van der Waals surface area contributed by atoms with Gasteiger partial charge in [0.1, 0.15) is 0 Å². The van der Waals surface area contributed by atoms with Crippen molar-refractivity contribution in [2.24, 2.45) is 0 Å². The third-order valence-corrected chi connectivity index (χ3v) is 1.73. The zero-order chi connectivity index (χ0) is 13.6. The molecule has 0 radical (unpaired) electrons. The minimum absolute atomic E-state index is 0.0719. The number of nitrogens with zero attached hydrogens (tertiary/aromatic N) is 1. The molecule has 1 unspecified atom stereocenters. The van der Waals surface area contributed by atoms with Crippen LogP contribution in [0, 0.1) is 0 Å². The number of nitrogens with one attached hydrogen (secondary N) is 2. The SMILES string of the molecule is CC(O)CN(C)CC(=O)NC(=O)NC(C)(C)C. The Morgan fingerprint density at radius 3 is 2.29 bits per heavy atom. The van der Waals surface area contributed by atoms with Crippen LogP contribution in [0.4, 0.5) is 4.79 Å². The number of carbonyl (C=O) groups excluding carboxylic acids is 2. The molecule has 0 saturated heterocycles. The van der Waals surface area contributed by atoms with Gasteiger partial charge in [-0.3, -0.25) is 15.0 Å². The Bertz CT molecular complexity index is 272. The van der Waals surface area contributed by atoms with Gasteiger partial charge in [0.15, 0.2) is 0 Å². The van der Waals surface area contributed by atoms with E-state index < -0.39 is 18.0 Å². The molecule has 0 aliphatic rings. The molecule has 100 valence electrons. The lowest BCUT2D eigenvalue weighted by molar-refractivity contribution is -0.121. The van der Waals surface area contributed by atoms with E-state index in [4.69, 9.17) is 5.11 Å². The molecular weight excluding hydrogens is 222 g/mol. The Kier molecular flexibility index (Phi) is 6.12. The quantitative estimate of drug-likeness (QED) is 0.647. The van der Waals surface area contributed by atoms with Crippen LogP contribution in [0.25, 0.3) is 0 Å². The van der Waals surface area contributed by atoms with E-state index in [2.05, 4.69) is 10.6 Å². The maximum absolute atomic E-state index is 11.4. The van der Waals surface area contributed by atoms with Gasteiger partial charge in [-0.2, -0.15) is 0 Å². The van der Waals surface area contributed by atoms with Crippen molar-refractivity contribution in [3.63, 3.8) is 0 Å². The van der Waals surface area contributed by atoms with E-state index in [9.17, 15) is 9.59 Å². The molecule has 1 atom stereocenters. The van der Waals surface area contributed by atoms with Gasteiger partial charge in [-0.1, -0.05) is 0 Å². The summed E-state index contributed by atoms with van der Waals surface area (Å²) in [7, 11) is 1.70. The monoisotopic (exact) mass is 245 g/mol. The van der Waals surface area contributed by atoms with Crippen LogP contribution in [-0.2, 0) is 4.79 Å². The van der Waals surface area contributed by atoms with Crippen LogP contribution >= 0.6 is 0 Å². The predicted molar refractivity (Wildman–Crippen MR) is 65.6 cm³/mol. The first-order valence-electron chi connectivity index (χ1n) is 5.59. The van der Waals surface area contributed by atoms with Crippen LogP contribution in [-0.4, -0.2) is 53.7 Å². The zero-order valence-corrected chi connectivity index (χ0v) is 11.2. The van der Waals surface area contributed by atoms with Crippen LogP contribution in [0.3, 0.4) is 0 Å². The van der Waals surface area contributed by atoms with E-state index in [-0.39, 0.29) is 12.1 Å². The molecular formula is C11H23N3O3. The highest BCUT2D eigenvalue weighted by molar-refractivity contribution is 5.95. The minimum Gasteiger partial charge on any atom is -0.392 e. The average molecular weight is 245 g/mol. The number of hydrogen-bond acceptors (Lipinski definition) is 4. The van der Waals surface area contributed by atoms with Gasteiger partial charge in [0.2, 0.25) is 5.91 Å². The molecule has 0 heterocycles. The summed E-state index contributed by atoms with van der Waals surface area (Å²) in [5, 5.41) is 14.0. The third-order valence-electron chi connectivity index (χ3n) is 1.73. The fraction of sp³-hybridized carbons (Fsp3) is 0.818. The second-order valence-electron chi connectivity index (χ2n) is 5.30. The normalized spacial score (nSPS) is 13.4. The second-order valence-corrected chi connectivity index (χ2v) is 5.30. The Balaban J connectivity index is 3.98. The van der Waals surface area contributed by atoms with Gasteiger partial charge in [-0.05, 0) is 34.7 Å². The fourth-order valence-electron chi connectivity index (χ4n) is 1.30. The Morgan fingerprint density at radius 1 is 1.35 bits per heavy atom. The van der Waals surface area contributed by atoms with E-state index in [0.717, 1.165) is 0 Å². The van der Waals surface area contributed by atoms with Gasteiger partial charge in [0, 0.05) is 12.1 Å². The van der Waals surface area contributed by atoms with Crippen molar-refractivity contribution in [3.05, 3.63) is 0 Å². The molecule has 3 amide bonds. The van der Waals surface area contributed by atoms with Crippen molar-refractivity contribution in [2.45, 2.75) is 39.3 Å². The fourth-order valence-corrected chi connectivity index (χ4v) is 1.30. The lowest BCUT2D eigenvalue weighted by Crippen LogP contribution is -2.50. The summed E-state index contributed by atoms with van der Waals surface area (Å²) < 4.78 is 0. The highest BCUT2D eigenvalue weighted by Gasteiger charge is 2.16. The maximum Gasteiger partial charge on any atom is 0.321 e. The Labute approximate surface area is 102 Å². The molecule has 0 aliphatic heterocycles. The van der Waals surface area contributed by atoms with E-state index in [1.54, 1.807) is 18.9 Å². The number of imide groups is 1. The first-order valence-corrected chi connectivity index (χ1v) is 5.59. The molecule has 6 nitrogen and oxygen atoms in total. The number of aliphatic hydroxyl groups is 1. The number of hydrogen-bond donors (Lipinski definition) is 3. The second kappa shape index (κ2) is 6.56. The summed E-state index contributed by atoms with van der Waals surface area (Å²) in [6, 6.07) is -0.507. The zero-order valence-electron chi connectivity index (χ0n) is 11.2. The smallest absolute Gasteiger partial charge is 0.321 e. The number of amides is 3. The highest BCUT2D eigenvalue weighted by atomic mass is 16.3. The van der Waals surface area contributed by atoms with Crippen molar-refractivity contribution in [2.75, 3.05) is 20.1 Å². The van der Waals surface area contributed by atoms with Gasteiger partial charge in [0.25, 0.3) is 0 Å². The molecule has 0 bridgehead atoms. The van der Waals surface area contributed by atoms with E-state index in [1.807, 2.05) is 20.8 Å². The summed E-state index contributed by atoms with van der Waals surface area (Å²) in [6.45, 7) is 7.58. The van der Waals surface area contributed by atoms with Gasteiger partial charge >= 0.3 is 6.03 Å². The van der Waals surface area contributed by atoms with Crippen LogP contribution in [0.15, 0.2) is 0 Å². The van der Waals surface area contributed by atoms with Crippen molar-refractivity contribution >= 4 is 11.9 Å². The third kappa shape index (κ3) is 9.77. The molecule has 0 spiro atoms. The standard InChI is InChI=1S/C11H23N3O3/c1-8(15)6-14(5)7-9(16)12-10(17)13-11(2,3)4/h8,15H,6-7H2,1-5H3,(H2,12,13,16,17). The molecule has 0 fully saturated rings. The molecule has 0 aromatic rings. The van der Waals surface area contributed by atoms with Crippen LogP contribution < -0.4 is 10.6 Å². The molecule has 17 heavy (non-hydrogen) atoms. The molecule has 0 aromatic carbocycles. The number of rotatable bonds is 4. The topological polar surface area (TPSA) is 81.7 Å². The summed E-state index contributed by atoms with van der Waals surface area (Å²) in [5.41, 5.74) is -0.379. The van der Waals surface area contributed by atoms with Crippen molar-refractivity contribution in [1.29, 1.82) is 0 Å². The predicted octanol–water partition coefficient (Wildman–Crippen LogP) is -0.0767. The average Bonchev–Trinajstić information content (AvgIpc) is 1.95. The Morgan fingerprint density at radius 2 is 1.88 bits per heavy atom. The Hall–Kier alpha value is -1.14. The summed E-state index contributed by atoms with van der Waals surface area (Å²) in [5.74, 6) is -0.394. The first-order chi connectivity index (χ1) is 7.60. The summed E-state index contributed by atoms with van der Waals surface area (Å²) in [6.07, 6.45) is -0.504. The number of urea groups is 1. The molecule has 0 saturated carbocycles. The number of carbonyl (C=O) groups is 2. The number of aliphatic hydroxyl groups excluding tert-OH is 1. The van der Waals surface area contributed by atoms with Crippen molar-refractivity contribution < 1.29 is 14.7 Å². The van der Waals surface area contributed by atoms with Crippen molar-refractivity contribution in [1.82, 2.24) is 15.5 Å². The van der Waals surface area contributed by atoms with E-state index >= 15 is 0 Å². The van der Waals surface area contributed by atoms with Gasteiger partial charge in [0.05, 0.1) is 12.6 Å². The van der Waals surface area contributed by atoms with Gasteiger partial charge in [-0.15, -0.1) is 0 Å². The summed E-state index contributed by atoms with van der Waals surface area (Å²) in [4.78, 5) is 24.4. The first kappa shape index (κ1) is 15.9. The molecule has 0 aliphatic carbocycles. The van der Waals surface area contributed by atoms with Gasteiger partial charge in [-0.25, -0.2) is 4.79 Å². The lowest BCUT2D eigenvalue weighted by Gasteiger charge is -2.21. The van der Waals surface area contributed by atoms with E-state index in [0.29, 0.717) is 6.54 Å². The van der Waals surface area contributed by atoms with E-state index in [1.165, 1.54) is 0 Å². The highest BCUT2D eigenvalue weighted by Crippen LogP contribution is 1.97. The molecule has 3 N–H and O–H groups in total. The van der Waals surface area contributed by atoms with Crippen LogP contribution in [0.2, 0.25) is 0 Å². The summed E-state index contributed by atoms with van der Waals surface area (Å²) >= 11 is 0. The number of likely N-dealkylation sites (N-methyl/N-ethyl adjacent to an activating group) is 1. The van der Waals surface area contributed by atoms with Crippen LogP contribution in [0.1, 0.15) is 27.7 Å². The van der Waals surface area contributed by atoms with Gasteiger partial charge < -0.3 is 10.4 Å². The molecule has 6 heteroatoms. The minimum atomic E-state index is -0.507. The maximum atomic E-state index is 11.4.